The van der Waals surface area contributed by atoms with Gasteiger partial charge >= 0.3 is 0 Å². The fourth-order valence-corrected chi connectivity index (χ4v) is 3.40. The Hall–Kier alpha value is -2.30. The number of likely N-dealkylation sites (N-methyl/N-ethyl adjacent to an activating group) is 1. The average molecular weight is 371 g/mol. The second kappa shape index (κ2) is 7.52. The number of carbonyl (C=O) groups is 1. The lowest BCUT2D eigenvalue weighted by Gasteiger charge is -2.14. The zero-order valence-corrected chi connectivity index (χ0v) is 16.3. The van der Waals surface area contributed by atoms with Crippen molar-refractivity contribution >= 4 is 28.3 Å². The standard InChI is InChI=1S/C21H23ClN2O2/c1-13-19(21(25)14-5-7-15(22)8-6-14)20-16(11-12-24(2)3)18(26-4)10-9-17(20)23-13/h5-10,23H,11-12H2,1-4H3. The lowest BCUT2D eigenvalue weighted by atomic mass is 9.95. The Morgan fingerprint density at radius 2 is 1.85 bits per heavy atom. The molecule has 0 spiro atoms. The van der Waals surface area contributed by atoms with Crippen molar-refractivity contribution in [1.82, 2.24) is 9.88 Å². The first-order chi connectivity index (χ1) is 12.4. The smallest absolute Gasteiger partial charge is 0.195 e. The molecular formula is C21H23ClN2O2. The van der Waals surface area contributed by atoms with Gasteiger partial charge in [0.2, 0.25) is 0 Å². The molecule has 1 aromatic heterocycles. The molecule has 0 aliphatic carbocycles. The number of aromatic nitrogens is 1. The monoisotopic (exact) mass is 370 g/mol. The van der Waals surface area contributed by atoms with Crippen LogP contribution in [-0.4, -0.2) is 43.4 Å². The van der Waals surface area contributed by atoms with Crippen molar-refractivity contribution in [2.45, 2.75) is 13.3 Å². The van der Waals surface area contributed by atoms with E-state index in [1.807, 2.05) is 33.2 Å². The van der Waals surface area contributed by atoms with Gasteiger partial charge in [0.05, 0.1) is 12.7 Å². The molecule has 0 atom stereocenters. The first-order valence-corrected chi connectivity index (χ1v) is 8.93. The Balaban J connectivity index is 2.19. The van der Waals surface area contributed by atoms with E-state index >= 15 is 0 Å². The van der Waals surface area contributed by atoms with Gasteiger partial charge in [0.15, 0.2) is 5.78 Å². The Labute approximate surface area is 158 Å². The Kier molecular flexibility index (Phi) is 5.35. The first kappa shape index (κ1) is 18.5. The number of rotatable bonds is 6. The number of carbonyl (C=O) groups excluding carboxylic acids is 1. The molecule has 136 valence electrons. The van der Waals surface area contributed by atoms with Crippen LogP contribution < -0.4 is 4.74 Å². The number of halogens is 1. The molecule has 5 heteroatoms. The summed E-state index contributed by atoms with van der Waals surface area (Å²) in [5, 5.41) is 1.56. The lowest BCUT2D eigenvalue weighted by Crippen LogP contribution is -2.16. The molecule has 26 heavy (non-hydrogen) atoms. The van der Waals surface area contributed by atoms with Crippen molar-refractivity contribution in [2.75, 3.05) is 27.7 Å². The van der Waals surface area contributed by atoms with Gasteiger partial charge in [-0.3, -0.25) is 4.79 Å². The van der Waals surface area contributed by atoms with Crippen molar-refractivity contribution in [3.05, 3.63) is 63.8 Å². The summed E-state index contributed by atoms with van der Waals surface area (Å²) in [6.45, 7) is 2.81. The minimum absolute atomic E-state index is 0.00947. The number of benzene rings is 2. The number of H-pyrrole nitrogens is 1. The maximum absolute atomic E-state index is 13.2. The molecule has 0 amide bonds. The molecule has 3 rings (SSSR count). The van der Waals surface area contributed by atoms with Crippen molar-refractivity contribution in [3.63, 3.8) is 0 Å². The van der Waals surface area contributed by atoms with Gasteiger partial charge in [0, 0.05) is 39.3 Å². The summed E-state index contributed by atoms with van der Waals surface area (Å²) in [5.41, 5.74) is 4.20. The van der Waals surface area contributed by atoms with Crippen molar-refractivity contribution in [1.29, 1.82) is 0 Å². The highest BCUT2D eigenvalue weighted by atomic mass is 35.5. The third-order valence-corrected chi connectivity index (χ3v) is 4.83. The number of methoxy groups -OCH3 is 1. The molecule has 4 nitrogen and oxygen atoms in total. The molecule has 1 N–H and O–H groups in total. The normalized spacial score (nSPS) is 11.3. The lowest BCUT2D eigenvalue weighted by molar-refractivity contribution is 0.103. The van der Waals surface area contributed by atoms with E-state index in [9.17, 15) is 4.79 Å². The number of hydrogen-bond acceptors (Lipinski definition) is 3. The maximum atomic E-state index is 13.2. The van der Waals surface area contributed by atoms with Crippen molar-refractivity contribution in [3.8, 4) is 5.75 Å². The summed E-state index contributed by atoms with van der Waals surface area (Å²) in [6, 6.07) is 10.9. The van der Waals surface area contributed by atoms with E-state index in [4.69, 9.17) is 16.3 Å². The van der Waals surface area contributed by atoms with E-state index in [1.165, 1.54) is 0 Å². The maximum Gasteiger partial charge on any atom is 0.195 e. The van der Waals surface area contributed by atoms with Gasteiger partial charge in [0.25, 0.3) is 0 Å². The van der Waals surface area contributed by atoms with E-state index in [0.29, 0.717) is 16.1 Å². The average Bonchev–Trinajstić information content (AvgIpc) is 2.95. The summed E-state index contributed by atoms with van der Waals surface area (Å²) < 4.78 is 5.59. The van der Waals surface area contributed by atoms with E-state index < -0.39 is 0 Å². The summed E-state index contributed by atoms with van der Waals surface area (Å²) in [4.78, 5) is 18.7. The van der Waals surface area contributed by atoms with Gasteiger partial charge < -0.3 is 14.6 Å². The summed E-state index contributed by atoms with van der Waals surface area (Å²) in [7, 11) is 5.74. The molecule has 0 aliphatic rings. The summed E-state index contributed by atoms with van der Waals surface area (Å²) in [6.07, 6.45) is 0.797. The van der Waals surface area contributed by atoms with Gasteiger partial charge in [-0.2, -0.15) is 0 Å². The van der Waals surface area contributed by atoms with Crippen LogP contribution in [0, 0.1) is 6.92 Å². The van der Waals surface area contributed by atoms with Crippen LogP contribution in [-0.2, 0) is 6.42 Å². The highest BCUT2D eigenvalue weighted by Gasteiger charge is 2.22. The third-order valence-electron chi connectivity index (χ3n) is 4.58. The van der Waals surface area contributed by atoms with Crippen LogP contribution in [0.1, 0.15) is 27.2 Å². The zero-order chi connectivity index (χ0) is 18.8. The molecule has 2 aromatic carbocycles. The molecular weight excluding hydrogens is 348 g/mol. The van der Waals surface area contributed by atoms with Crippen molar-refractivity contribution < 1.29 is 9.53 Å². The van der Waals surface area contributed by atoms with Crippen molar-refractivity contribution in [2.24, 2.45) is 0 Å². The number of aromatic amines is 1. The Morgan fingerprint density at radius 3 is 2.46 bits per heavy atom. The molecule has 0 saturated heterocycles. The van der Waals surface area contributed by atoms with Crippen LogP contribution in [0.5, 0.6) is 5.75 Å². The SMILES string of the molecule is COc1ccc2[nH]c(C)c(C(=O)c3ccc(Cl)cc3)c2c1CCN(C)C. The molecule has 0 saturated carbocycles. The first-order valence-electron chi connectivity index (χ1n) is 8.55. The summed E-state index contributed by atoms with van der Waals surface area (Å²) >= 11 is 5.96. The predicted molar refractivity (Wildman–Crippen MR) is 107 cm³/mol. The molecule has 3 aromatic rings. The van der Waals surface area contributed by atoms with Gasteiger partial charge in [-0.05, 0) is 63.8 Å². The molecule has 0 unspecified atom stereocenters. The van der Waals surface area contributed by atoms with Gasteiger partial charge in [0.1, 0.15) is 5.75 Å². The minimum atomic E-state index is -0.00947. The highest BCUT2D eigenvalue weighted by molar-refractivity contribution is 6.30. The highest BCUT2D eigenvalue weighted by Crippen LogP contribution is 2.34. The number of nitrogens with one attached hydrogen (secondary N) is 1. The fourth-order valence-electron chi connectivity index (χ4n) is 3.27. The number of fused-ring (bicyclic) bond motifs is 1. The minimum Gasteiger partial charge on any atom is -0.496 e. The van der Waals surface area contributed by atoms with Crippen LogP contribution >= 0.6 is 11.6 Å². The number of ether oxygens (including phenoxy) is 1. The van der Waals surface area contributed by atoms with Gasteiger partial charge in [-0.1, -0.05) is 11.6 Å². The Bertz CT molecular complexity index is 943. The van der Waals surface area contributed by atoms with Crippen LogP contribution in [0.25, 0.3) is 10.9 Å². The molecule has 0 aliphatic heterocycles. The van der Waals surface area contributed by atoms with Crippen LogP contribution in [0.4, 0.5) is 0 Å². The number of hydrogen-bond donors (Lipinski definition) is 1. The zero-order valence-electron chi connectivity index (χ0n) is 15.5. The molecule has 0 fully saturated rings. The van der Waals surface area contributed by atoms with E-state index in [2.05, 4.69) is 9.88 Å². The van der Waals surface area contributed by atoms with E-state index in [-0.39, 0.29) is 5.78 Å². The fraction of sp³-hybridized carbons (Fsp3) is 0.286. The largest absolute Gasteiger partial charge is 0.496 e. The van der Waals surface area contributed by atoms with Gasteiger partial charge in [-0.15, -0.1) is 0 Å². The second-order valence-corrected chi connectivity index (χ2v) is 7.12. The quantitative estimate of drug-likeness (QED) is 0.651. The van der Waals surface area contributed by atoms with Crippen LogP contribution in [0.3, 0.4) is 0 Å². The number of ketones is 1. The number of nitrogens with zero attached hydrogens (tertiary/aromatic N) is 1. The Morgan fingerprint density at radius 1 is 1.15 bits per heavy atom. The molecule has 0 radical (unpaired) electrons. The molecule has 0 bridgehead atoms. The predicted octanol–water partition coefficient (Wildman–Crippen LogP) is 4.47. The second-order valence-electron chi connectivity index (χ2n) is 6.68. The van der Waals surface area contributed by atoms with Crippen LogP contribution in [0.15, 0.2) is 36.4 Å². The number of aryl methyl sites for hydroxylation is 1. The van der Waals surface area contributed by atoms with E-state index in [1.54, 1.807) is 31.4 Å². The summed E-state index contributed by atoms with van der Waals surface area (Å²) in [5.74, 6) is 0.799. The topological polar surface area (TPSA) is 45.3 Å². The molecule has 1 heterocycles. The third kappa shape index (κ3) is 3.48. The van der Waals surface area contributed by atoms with E-state index in [0.717, 1.165) is 40.9 Å². The van der Waals surface area contributed by atoms with Gasteiger partial charge in [-0.25, -0.2) is 0 Å². The van der Waals surface area contributed by atoms with Crippen LogP contribution in [0.2, 0.25) is 5.02 Å².